The number of aliphatic carboxylic acids is 1. The van der Waals surface area contributed by atoms with Crippen molar-refractivity contribution < 1.29 is 23.1 Å². The van der Waals surface area contributed by atoms with E-state index in [4.69, 9.17) is 4.74 Å². The Morgan fingerprint density at radius 2 is 1.54 bits per heavy atom. The summed E-state index contributed by atoms with van der Waals surface area (Å²) < 4.78 is 31.6. The lowest BCUT2D eigenvalue weighted by atomic mass is 9.99. The number of carboxylic acids is 1. The van der Waals surface area contributed by atoms with Gasteiger partial charge in [-0.25, -0.2) is 8.42 Å². The van der Waals surface area contributed by atoms with Crippen molar-refractivity contribution in [3.8, 4) is 0 Å². The fourth-order valence-corrected chi connectivity index (χ4v) is 6.07. The molecular formula is C20H22O5S. The summed E-state index contributed by atoms with van der Waals surface area (Å²) in [6, 6.07) is 13.8. The van der Waals surface area contributed by atoms with Crippen molar-refractivity contribution in [1.82, 2.24) is 0 Å². The molecule has 0 bridgehead atoms. The summed E-state index contributed by atoms with van der Waals surface area (Å²) >= 11 is 0. The molecule has 0 aliphatic heterocycles. The molecule has 0 amide bonds. The van der Waals surface area contributed by atoms with E-state index >= 15 is 0 Å². The van der Waals surface area contributed by atoms with Crippen LogP contribution in [0.15, 0.2) is 53.4 Å². The third kappa shape index (κ3) is 2.83. The maximum Gasteiger partial charge on any atom is 0.314 e. The van der Waals surface area contributed by atoms with Gasteiger partial charge in [0.25, 0.3) is 0 Å². The molecule has 26 heavy (non-hydrogen) atoms. The van der Waals surface area contributed by atoms with Crippen molar-refractivity contribution in [1.29, 1.82) is 0 Å². The topological polar surface area (TPSA) is 80.7 Å². The molecule has 1 N–H and O–H groups in total. The minimum Gasteiger partial charge on any atom is -0.481 e. The second-order valence-corrected chi connectivity index (χ2v) is 9.01. The van der Waals surface area contributed by atoms with E-state index in [1.807, 2.05) is 26.0 Å². The SMILES string of the molecule is COC[C@@]1(C(=O)O)[C@@H](c2ccc(C)cc2)[C@@H]1S(=O)(=O)c1ccc(C)cc1. The highest BCUT2D eigenvalue weighted by Gasteiger charge is 2.76. The van der Waals surface area contributed by atoms with Gasteiger partial charge < -0.3 is 9.84 Å². The van der Waals surface area contributed by atoms with Gasteiger partial charge in [0.05, 0.1) is 16.8 Å². The minimum atomic E-state index is -3.83. The fraction of sp³-hybridized carbons (Fsp3) is 0.350. The molecule has 1 aliphatic carbocycles. The third-order valence-corrected chi connectivity index (χ3v) is 7.45. The molecule has 0 unspecified atom stereocenters. The Morgan fingerprint density at radius 3 is 2.00 bits per heavy atom. The largest absolute Gasteiger partial charge is 0.481 e. The normalized spacial score (nSPS) is 25.0. The van der Waals surface area contributed by atoms with Crippen LogP contribution in [0.1, 0.15) is 22.6 Å². The summed E-state index contributed by atoms with van der Waals surface area (Å²) in [5, 5.41) is 8.84. The molecule has 1 saturated carbocycles. The van der Waals surface area contributed by atoms with Crippen molar-refractivity contribution in [3.63, 3.8) is 0 Å². The molecule has 0 spiro atoms. The lowest BCUT2D eigenvalue weighted by Gasteiger charge is -2.12. The molecule has 6 heteroatoms. The highest BCUT2D eigenvalue weighted by Crippen LogP contribution is 2.64. The molecule has 5 nitrogen and oxygen atoms in total. The predicted octanol–water partition coefficient (Wildman–Crippen LogP) is 2.96. The van der Waals surface area contributed by atoms with Crippen molar-refractivity contribution >= 4 is 15.8 Å². The molecule has 1 fully saturated rings. The summed E-state index contributed by atoms with van der Waals surface area (Å²) in [5.41, 5.74) is 1.19. The predicted molar refractivity (Wildman–Crippen MR) is 98.0 cm³/mol. The van der Waals surface area contributed by atoms with E-state index in [0.29, 0.717) is 5.56 Å². The van der Waals surface area contributed by atoms with Crippen LogP contribution in [0.5, 0.6) is 0 Å². The number of hydrogen-bond acceptors (Lipinski definition) is 4. The van der Waals surface area contributed by atoms with Crippen molar-refractivity contribution in [2.24, 2.45) is 5.41 Å². The van der Waals surface area contributed by atoms with Crippen LogP contribution in [-0.4, -0.2) is 38.5 Å². The second kappa shape index (κ2) is 6.52. The van der Waals surface area contributed by atoms with Gasteiger partial charge in [-0.15, -0.1) is 0 Å². The van der Waals surface area contributed by atoms with Gasteiger partial charge in [-0.05, 0) is 31.5 Å². The fourth-order valence-electron chi connectivity index (χ4n) is 3.71. The van der Waals surface area contributed by atoms with Gasteiger partial charge in [-0.2, -0.15) is 0 Å². The molecule has 0 saturated heterocycles. The van der Waals surface area contributed by atoms with Crippen LogP contribution in [0.4, 0.5) is 0 Å². The van der Waals surface area contributed by atoms with E-state index in [0.717, 1.165) is 11.1 Å². The zero-order valence-electron chi connectivity index (χ0n) is 15.0. The van der Waals surface area contributed by atoms with Gasteiger partial charge in [-0.3, -0.25) is 4.79 Å². The smallest absolute Gasteiger partial charge is 0.314 e. The summed E-state index contributed by atoms with van der Waals surface area (Å²) in [5.74, 6) is -1.79. The number of ether oxygens (including phenoxy) is 1. The van der Waals surface area contributed by atoms with E-state index in [9.17, 15) is 18.3 Å². The van der Waals surface area contributed by atoms with Crippen molar-refractivity contribution in [2.75, 3.05) is 13.7 Å². The first kappa shape index (κ1) is 18.6. The van der Waals surface area contributed by atoms with Crippen molar-refractivity contribution in [3.05, 3.63) is 65.2 Å². The molecule has 3 rings (SSSR count). The van der Waals surface area contributed by atoms with E-state index in [1.165, 1.54) is 19.2 Å². The van der Waals surface area contributed by atoms with Gasteiger partial charge in [0.15, 0.2) is 9.84 Å². The van der Waals surface area contributed by atoms with Crippen LogP contribution < -0.4 is 0 Å². The van der Waals surface area contributed by atoms with E-state index in [-0.39, 0.29) is 11.5 Å². The van der Waals surface area contributed by atoms with Gasteiger partial charge in [0, 0.05) is 13.0 Å². The minimum absolute atomic E-state index is 0.143. The number of methoxy groups -OCH3 is 1. The number of aryl methyl sites for hydroxylation is 2. The van der Waals surface area contributed by atoms with E-state index in [2.05, 4.69) is 0 Å². The van der Waals surface area contributed by atoms with E-state index < -0.39 is 32.4 Å². The molecule has 2 aromatic rings. The number of sulfone groups is 1. The number of benzene rings is 2. The van der Waals surface area contributed by atoms with Crippen LogP contribution in [0, 0.1) is 19.3 Å². The van der Waals surface area contributed by atoms with Crippen LogP contribution in [-0.2, 0) is 19.4 Å². The first-order valence-corrected chi connectivity index (χ1v) is 9.89. The van der Waals surface area contributed by atoms with Crippen LogP contribution in [0.3, 0.4) is 0 Å². The number of hydrogen-bond donors (Lipinski definition) is 1. The van der Waals surface area contributed by atoms with Gasteiger partial charge >= 0.3 is 5.97 Å². The molecule has 0 radical (unpaired) electrons. The van der Waals surface area contributed by atoms with E-state index in [1.54, 1.807) is 24.3 Å². The molecular weight excluding hydrogens is 352 g/mol. The Labute approximate surface area is 153 Å². The Balaban J connectivity index is 2.11. The van der Waals surface area contributed by atoms with Crippen molar-refractivity contribution in [2.45, 2.75) is 29.9 Å². The Morgan fingerprint density at radius 1 is 1.04 bits per heavy atom. The number of carbonyl (C=O) groups is 1. The molecule has 0 heterocycles. The lowest BCUT2D eigenvalue weighted by Crippen LogP contribution is -2.28. The van der Waals surface area contributed by atoms with Crippen LogP contribution in [0.25, 0.3) is 0 Å². The third-order valence-electron chi connectivity index (χ3n) is 5.16. The maximum absolute atomic E-state index is 13.2. The summed E-state index contributed by atoms with van der Waals surface area (Å²) in [7, 11) is -2.43. The summed E-state index contributed by atoms with van der Waals surface area (Å²) in [6.07, 6.45) is 0. The first-order chi connectivity index (χ1) is 12.2. The van der Waals surface area contributed by atoms with Gasteiger partial charge in [0.2, 0.25) is 0 Å². The Hall–Kier alpha value is -2.18. The number of rotatable bonds is 6. The van der Waals surface area contributed by atoms with Gasteiger partial charge in [0.1, 0.15) is 5.41 Å². The molecule has 2 aromatic carbocycles. The number of carboxylic acid groups (broad SMARTS) is 1. The molecule has 3 atom stereocenters. The quantitative estimate of drug-likeness (QED) is 0.841. The van der Waals surface area contributed by atoms with Gasteiger partial charge in [-0.1, -0.05) is 47.5 Å². The average Bonchev–Trinajstić information content (AvgIpc) is 3.27. The Bertz CT molecular complexity index is 916. The molecule has 1 aliphatic rings. The zero-order valence-corrected chi connectivity index (χ0v) is 15.8. The summed E-state index contributed by atoms with van der Waals surface area (Å²) in [4.78, 5) is 12.3. The first-order valence-electron chi connectivity index (χ1n) is 8.34. The molecule has 138 valence electrons. The lowest BCUT2D eigenvalue weighted by molar-refractivity contribution is -0.145. The Kier molecular flexibility index (Phi) is 4.67. The second-order valence-electron chi connectivity index (χ2n) is 6.95. The highest BCUT2D eigenvalue weighted by molar-refractivity contribution is 7.92. The standard InChI is InChI=1S/C20H22O5S/c1-13-4-8-15(9-5-13)17-18(20(17,12-25-3)19(21)22)26(23,24)16-10-6-14(2)7-11-16/h4-11,17-18H,12H2,1-3H3,(H,21,22)/t17-,18-,20+/m0/s1. The van der Waals surface area contributed by atoms with Crippen LogP contribution in [0.2, 0.25) is 0 Å². The average molecular weight is 374 g/mol. The molecule has 0 aromatic heterocycles. The highest BCUT2D eigenvalue weighted by atomic mass is 32.2. The van der Waals surface area contributed by atoms with Crippen LogP contribution >= 0.6 is 0 Å². The monoisotopic (exact) mass is 374 g/mol. The summed E-state index contributed by atoms with van der Waals surface area (Å²) in [6.45, 7) is 3.64. The zero-order chi connectivity index (χ0) is 19.1. The maximum atomic E-state index is 13.2.